The second-order valence-corrected chi connectivity index (χ2v) is 5.81. The number of carbonyl (C=O) groups excluding carboxylic acids is 2. The topological polar surface area (TPSA) is 43.4 Å². The molecule has 0 heterocycles. The molecule has 3 nitrogen and oxygen atoms in total. The van der Waals surface area contributed by atoms with Gasteiger partial charge >= 0.3 is 5.97 Å². The van der Waals surface area contributed by atoms with Gasteiger partial charge in [0.05, 0.1) is 0 Å². The number of carbonyl (C=O) groups is 2. The Bertz CT molecular complexity index is 706. The molecular formula is C18H18O3. The van der Waals surface area contributed by atoms with Crippen molar-refractivity contribution in [3.63, 3.8) is 0 Å². The molecule has 0 aromatic heterocycles. The normalized spacial score (nSPS) is 11.8. The third-order valence-corrected chi connectivity index (χ3v) is 2.80. The maximum Gasteiger partial charge on any atom is 0.379 e. The van der Waals surface area contributed by atoms with Crippen molar-refractivity contribution in [2.24, 2.45) is 0 Å². The lowest BCUT2D eigenvalue weighted by atomic mass is 10.1. The first-order chi connectivity index (χ1) is 9.85. The smallest absolute Gasteiger partial charge is 0.379 e. The highest BCUT2D eigenvalue weighted by Crippen LogP contribution is 2.16. The second-order valence-electron chi connectivity index (χ2n) is 5.81. The Kier molecular flexibility index (Phi) is 4.22. The fourth-order valence-corrected chi connectivity index (χ4v) is 1.88. The highest BCUT2D eigenvalue weighted by Gasteiger charge is 2.20. The Morgan fingerprint density at radius 2 is 1.67 bits per heavy atom. The molecule has 0 bridgehead atoms. The first kappa shape index (κ1) is 15.0. The van der Waals surface area contributed by atoms with E-state index in [1.165, 1.54) is 6.08 Å². The number of hydrogen-bond donors (Lipinski definition) is 0. The van der Waals surface area contributed by atoms with Gasteiger partial charge in [-0.05, 0) is 49.2 Å². The molecule has 0 saturated heterocycles. The minimum atomic E-state index is -0.834. The Labute approximate surface area is 124 Å². The highest BCUT2D eigenvalue weighted by atomic mass is 16.6. The van der Waals surface area contributed by atoms with E-state index in [0.717, 1.165) is 16.3 Å². The molecule has 0 fully saturated rings. The number of benzene rings is 2. The van der Waals surface area contributed by atoms with Crippen LogP contribution in [0.4, 0.5) is 0 Å². The Balaban J connectivity index is 2.12. The molecule has 0 atom stereocenters. The van der Waals surface area contributed by atoms with Crippen molar-refractivity contribution in [3.05, 3.63) is 54.1 Å². The molecule has 108 valence electrons. The zero-order chi connectivity index (χ0) is 15.5. The van der Waals surface area contributed by atoms with E-state index in [1.807, 2.05) is 42.5 Å². The Morgan fingerprint density at radius 1 is 1.00 bits per heavy atom. The lowest BCUT2D eigenvalue weighted by Gasteiger charge is -2.18. The lowest BCUT2D eigenvalue weighted by Crippen LogP contribution is -2.27. The van der Waals surface area contributed by atoms with Gasteiger partial charge in [0.25, 0.3) is 5.78 Å². The average molecular weight is 282 g/mol. The second kappa shape index (κ2) is 5.92. The Hall–Kier alpha value is -2.42. The molecule has 0 saturated carbocycles. The molecule has 21 heavy (non-hydrogen) atoms. The molecule has 0 aliphatic carbocycles. The van der Waals surface area contributed by atoms with Crippen LogP contribution >= 0.6 is 0 Å². The van der Waals surface area contributed by atoms with E-state index in [2.05, 4.69) is 0 Å². The van der Waals surface area contributed by atoms with Crippen LogP contribution in [-0.2, 0) is 14.3 Å². The van der Waals surface area contributed by atoms with Gasteiger partial charge in [0, 0.05) is 0 Å². The van der Waals surface area contributed by atoms with Gasteiger partial charge in [-0.3, -0.25) is 4.79 Å². The fourth-order valence-electron chi connectivity index (χ4n) is 1.88. The van der Waals surface area contributed by atoms with Gasteiger partial charge in [-0.2, -0.15) is 0 Å². The molecule has 0 aliphatic rings. The van der Waals surface area contributed by atoms with E-state index < -0.39 is 17.4 Å². The van der Waals surface area contributed by atoms with Crippen LogP contribution in [0.15, 0.2) is 48.5 Å². The minimum Gasteiger partial charge on any atom is -0.454 e. The standard InChI is InChI=1S/C18H18O3/c1-18(2,3)21-17(20)16(19)11-9-13-8-10-14-6-4-5-7-15(14)12-13/h4-12H,1-3H3/b11-9+. The molecule has 2 rings (SSSR count). The van der Waals surface area contributed by atoms with Crippen LogP contribution in [0.2, 0.25) is 0 Å². The molecule has 0 radical (unpaired) electrons. The third-order valence-electron chi connectivity index (χ3n) is 2.80. The quantitative estimate of drug-likeness (QED) is 0.489. The third kappa shape index (κ3) is 4.28. The average Bonchev–Trinajstić information content (AvgIpc) is 2.42. The van der Waals surface area contributed by atoms with Crippen molar-refractivity contribution in [1.82, 2.24) is 0 Å². The van der Waals surface area contributed by atoms with Gasteiger partial charge in [-0.1, -0.05) is 42.5 Å². The first-order valence-electron chi connectivity index (χ1n) is 6.79. The van der Waals surface area contributed by atoms with Gasteiger partial charge in [0.1, 0.15) is 5.60 Å². The fraction of sp³-hybridized carbons (Fsp3) is 0.222. The summed E-state index contributed by atoms with van der Waals surface area (Å²) in [5.74, 6) is -1.49. The van der Waals surface area contributed by atoms with Gasteiger partial charge in [-0.25, -0.2) is 4.79 Å². The maximum atomic E-state index is 11.7. The van der Waals surface area contributed by atoms with Gasteiger partial charge < -0.3 is 4.74 Å². The largest absolute Gasteiger partial charge is 0.454 e. The van der Waals surface area contributed by atoms with E-state index in [-0.39, 0.29) is 0 Å². The molecule has 0 N–H and O–H groups in total. The van der Waals surface area contributed by atoms with Gasteiger partial charge in [0.15, 0.2) is 0 Å². The van der Waals surface area contributed by atoms with E-state index >= 15 is 0 Å². The summed E-state index contributed by atoms with van der Waals surface area (Å²) in [6.07, 6.45) is 2.87. The Morgan fingerprint density at radius 3 is 2.33 bits per heavy atom. The van der Waals surface area contributed by atoms with Crippen molar-refractivity contribution >= 4 is 28.6 Å². The van der Waals surface area contributed by atoms with E-state index in [9.17, 15) is 9.59 Å². The SMILES string of the molecule is CC(C)(C)OC(=O)C(=O)/C=C/c1ccc2ccccc2c1. The van der Waals surface area contributed by atoms with Crippen LogP contribution in [0.1, 0.15) is 26.3 Å². The van der Waals surface area contributed by atoms with Gasteiger partial charge in [0.2, 0.25) is 0 Å². The number of ketones is 1. The maximum absolute atomic E-state index is 11.7. The van der Waals surface area contributed by atoms with Crippen LogP contribution in [0.25, 0.3) is 16.8 Å². The summed E-state index contributed by atoms with van der Waals surface area (Å²) >= 11 is 0. The zero-order valence-corrected chi connectivity index (χ0v) is 12.4. The molecule has 0 unspecified atom stereocenters. The summed E-state index contributed by atoms with van der Waals surface area (Å²) in [6.45, 7) is 5.18. The van der Waals surface area contributed by atoms with Gasteiger partial charge in [-0.15, -0.1) is 0 Å². The van der Waals surface area contributed by atoms with Crippen LogP contribution < -0.4 is 0 Å². The van der Waals surface area contributed by atoms with Crippen molar-refractivity contribution < 1.29 is 14.3 Å². The predicted molar refractivity (Wildman–Crippen MR) is 83.8 cm³/mol. The monoisotopic (exact) mass is 282 g/mol. The molecule has 3 heteroatoms. The first-order valence-corrected chi connectivity index (χ1v) is 6.79. The molecular weight excluding hydrogens is 264 g/mol. The van der Waals surface area contributed by atoms with Crippen LogP contribution in [0.5, 0.6) is 0 Å². The van der Waals surface area contributed by atoms with Crippen LogP contribution in [0.3, 0.4) is 0 Å². The lowest BCUT2D eigenvalue weighted by molar-refractivity contribution is -0.160. The molecule has 0 aliphatic heterocycles. The number of fused-ring (bicyclic) bond motifs is 1. The highest BCUT2D eigenvalue weighted by molar-refractivity contribution is 6.39. The summed E-state index contributed by atoms with van der Waals surface area (Å²) in [5, 5.41) is 2.22. The predicted octanol–water partition coefficient (Wildman–Crippen LogP) is 3.76. The van der Waals surface area contributed by atoms with Crippen molar-refractivity contribution in [2.45, 2.75) is 26.4 Å². The summed E-state index contributed by atoms with van der Waals surface area (Å²) in [6, 6.07) is 13.8. The molecule has 0 amide bonds. The number of esters is 1. The molecule has 2 aromatic rings. The van der Waals surface area contributed by atoms with E-state index in [1.54, 1.807) is 26.8 Å². The van der Waals surface area contributed by atoms with Crippen molar-refractivity contribution in [3.8, 4) is 0 Å². The molecule has 0 spiro atoms. The minimum absolute atomic E-state index is 0.655. The van der Waals surface area contributed by atoms with Crippen molar-refractivity contribution in [1.29, 1.82) is 0 Å². The van der Waals surface area contributed by atoms with Crippen LogP contribution in [0, 0.1) is 0 Å². The number of hydrogen-bond acceptors (Lipinski definition) is 3. The summed E-state index contributed by atoms with van der Waals surface area (Å²) in [4.78, 5) is 23.3. The molecule has 2 aromatic carbocycles. The summed E-state index contributed by atoms with van der Waals surface area (Å²) in [7, 11) is 0. The number of rotatable bonds is 3. The van der Waals surface area contributed by atoms with E-state index in [4.69, 9.17) is 4.74 Å². The number of ether oxygens (including phenoxy) is 1. The summed E-state index contributed by atoms with van der Waals surface area (Å²) < 4.78 is 5.02. The van der Waals surface area contributed by atoms with E-state index in [0.29, 0.717) is 0 Å². The zero-order valence-electron chi connectivity index (χ0n) is 12.4. The van der Waals surface area contributed by atoms with Crippen molar-refractivity contribution in [2.75, 3.05) is 0 Å². The summed E-state index contributed by atoms with van der Waals surface area (Å²) in [5.41, 5.74) is 0.203. The van der Waals surface area contributed by atoms with Crippen LogP contribution in [-0.4, -0.2) is 17.4 Å².